The number of rotatable bonds is 5. The highest BCUT2D eigenvalue weighted by molar-refractivity contribution is 5.76. The van der Waals surface area contributed by atoms with Crippen molar-refractivity contribution in [2.45, 2.75) is 58.0 Å². The zero-order valence-corrected chi connectivity index (χ0v) is 15.0. The van der Waals surface area contributed by atoms with Gasteiger partial charge in [-0.3, -0.25) is 9.25 Å². The Morgan fingerprint density at radius 2 is 2.04 bits per heavy atom. The second-order valence-corrected chi connectivity index (χ2v) is 7.23. The fourth-order valence-corrected chi connectivity index (χ4v) is 3.84. The quantitative estimate of drug-likeness (QED) is 0.736. The summed E-state index contributed by atoms with van der Waals surface area (Å²) in [5.74, 6) is 0.461. The van der Waals surface area contributed by atoms with E-state index in [0.29, 0.717) is 6.54 Å². The molecule has 0 radical (unpaired) electrons. The molecule has 0 amide bonds. The van der Waals surface area contributed by atoms with E-state index in [1.165, 1.54) is 0 Å². The van der Waals surface area contributed by atoms with Gasteiger partial charge >= 0.3 is 5.69 Å². The van der Waals surface area contributed by atoms with Crippen molar-refractivity contribution in [3.05, 3.63) is 51.7 Å². The predicted molar refractivity (Wildman–Crippen MR) is 95.9 cm³/mol. The zero-order valence-electron chi connectivity index (χ0n) is 15.0. The van der Waals surface area contributed by atoms with E-state index in [9.17, 15) is 13.6 Å². The molecule has 0 aliphatic heterocycles. The number of alkyl halides is 2. The van der Waals surface area contributed by atoms with Crippen LogP contribution in [0, 0.1) is 0 Å². The van der Waals surface area contributed by atoms with Crippen LogP contribution in [-0.2, 0) is 6.54 Å². The molecule has 5 nitrogen and oxygen atoms in total. The monoisotopic (exact) mass is 360 g/mol. The number of hydrogen-bond acceptors (Lipinski definition) is 2. The zero-order chi connectivity index (χ0) is 18.6. The molecule has 0 bridgehead atoms. The largest absolute Gasteiger partial charge is 0.326 e. The highest BCUT2D eigenvalue weighted by Crippen LogP contribution is 2.55. The summed E-state index contributed by atoms with van der Waals surface area (Å²) in [5.41, 5.74) is 3.46. The Morgan fingerprint density at radius 3 is 2.69 bits per heavy atom. The van der Waals surface area contributed by atoms with Crippen LogP contribution in [0.5, 0.6) is 0 Å². The molecule has 138 valence electrons. The average Bonchev–Trinajstić information content (AvgIpc) is 3.13. The van der Waals surface area contributed by atoms with E-state index in [4.69, 9.17) is 0 Å². The number of aryl methyl sites for hydroxylation is 1. The molecule has 0 spiro atoms. The highest BCUT2D eigenvalue weighted by atomic mass is 19.3. The number of nitrogens with one attached hydrogen (secondary N) is 1. The standard InChI is InChI=1S/C19H22F2N4O/c1-4-24-16-6-5-11(7-14(16)22-19(24)26)12-8-13(12)17-9-15(18(20)21)23-25(17)10(2)3/h5-7,9-10,12-13,18H,4,8H2,1-3H3,(H,22,26). The molecule has 4 rings (SSSR count). The van der Waals surface area contributed by atoms with Crippen LogP contribution < -0.4 is 5.69 Å². The van der Waals surface area contributed by atoms with Crippen LogP contribution >= 0.6 is 0 Å². The average molecular weight is 360 g/mol. The molecule has 7 heteroatoms. The number of halogens is 2. The van der Waals surface area contributed by atoms with Crippen molar-refractivity contribution in [3.8, 4) is 0 Å². The lowest BCUT2D eigenvalue weighted by Gasteiger charge is -2.11. The van der Waals surface area contributed by atoms with E-state index in [1.54, 1.807) is 15.3 Å². The highest BCUT2D eigenvalue weighted by Gasteiger charge is 2.42. The fourth-order valence-electron chi connectivity index (χ4n) is 3.84. The molecule has 2 unspecified atom stereocenters. The third-order valence-corrected chi connectivity index (χ3v) is 5.21. The van der Waals surface area contributed by atoms with E-state index < -0.39 is 6.43 Å². The predicted octanol–water partition coefficient (Wildman–Crippen LogP) is 4.34. The van der Waals surface area contributed by atoms with Crippen LogP contribution in [-0.4, -0.2) is 19.3 Å². The first-order valence-electron chi connectivity index (χ1n) is 9.00. The van der Waals surface area contributed by atoms with Gasteiger partial charge in [0.1, 0.15) is 5.69 Å². The second-order valence-electron chi connectivity index (χ2n) is 7.23. The maximum Gasteiger partial charge on any atom is 0.326 e. The fraction of sp³-hybridized carbons (Fsp3) is 0.474. The molecule has 1 N–H and O–H groups in total. The minimum atomic E-state index is -2.55. The van der Waals surface area contributed by atoms with Gasteiger partial charge in [0, 0.05) is 24.2 Å². The van der Waals surface area contributed by atoms with Crippen molar-refractivity contribution in [2.75, 3.05) is 0 Å². The Labute approximate surface area is 149 Å². The summed E-state index contributed by atoms with van der Waals surface area (Å²) in [7, 11) is 0. The first-order chi connectivity index (χ1) is 12.4. The first kappa shape index (κ1) is 17.0. The summed E-state index contributed by atoms with van der Waals surface area (Å²) in [6.07, 6.45) is -1.65. The Kier molecular flexibility index (Phi) is 3.97. The maximum atomic E-state index is 13.1. The minimum Gasteiger partial charge on any atom is -0.306 e. The SMILES string of the molecule is CCn1c(=O)[nH]c2cc(C3CC3c3cc(C(F)F)nn3C(C)C)ccc21. The topological polar surface area (TPSA) is 55.6 Å². The Balaban J connectivity index is 1.66. The van der Waals surface area contributed by atoms with Gasteiger partial charge in [-0.05, 0) is 56.9 Å². The number of hydrogen-bond donors (Lipinski definition) is 1. The van der Waals surface area contributed by atoms with Gasteiger partial charge in [-0.2, -0.15) is 5.10 Å². The molecule has 0 saturated heterocycles. The van der Waals surface area contributed by atoms with Crippen LogP contribution in [0.1, 0.15) is 68.4 Å². The molecule has 26 heavy (non-hydrogen) atoms. The Morgan fingerprint density at radius 1 is 1.27 bits per heavy atom. The summed E-state index contributed by atoms with van der Waals surface area (Å²) < 4.78 is 29.6. The second kappa shape index (κ2) is 6.07. The molecule has 1 aliphatic rings. The van der Waals surface area contributed by atoms with Gasteiger partial charge in [-0.25, -0.2) is 13.6 Å². The molecule has 3 aromatic rings. The molecule has 2 aromatic heterocycles. The van der Waals surface area contributed by atoms with Crippen molar-refractivity contribution < 1.29 is 8.78 Å². The third-order valence-electron chi connectivity index (χ3n) is 5.21. The molecule has 2 heterocycles. The molecule has 1 aromatic carbocycles. The van der Waals surface area contributed by atoms with E-state index in [2.05, 4.69) is 10.1 Å². The van der Waals surface area contributed by atoms with Crippen LogP contribution in [0.3, 0.4) is 0 Å². The lowest BCUT2D eigenvalue weighted by atomic mass is 10.1. The van der Waals surface area contributed by atoms with E-state index in [0.717, 1.165) is 28.7 Å². The van der Waals surface area contributed by atoms with Gasteiger partial charge in [-0.1, -0.05) is 6.07 Å². The number of H-pyrrole nitrogens is 1. The molecular weight excluding hydrogens is 338 g/mol. The van der Waals surface area contributed by atoms with E-state index in [1.807, 2.05) is 39.0 Å². The molecule has 2 atom stereocenters. The van der Waals surface area contributed by atoms with Crippen LogP contribution in [0.4, 0.5) is 8.78 Å². The van der Waals surface area contributed by atoms with Crippen molar-refractivity contribution in [1.29, 1.82) is 0 Å². The summed E-state index contributed by atoms with van der Waals surface area (Å²) in [6, 6.07) is 7.60. The van der Waals surface area contributed by atoms with Gasteiger partial charge < -0.3 is 4.98 Å². The Hall–Kier alpha value is -2.44. The Bertz CT molecular complexity index is 1010. The van der Waals surface area contributed by atoms with Crippen molar-refractivity contribution in [1.82, 2.24) is 19.3 Å². The van der Waals surface area contributed by atoms with Crippen molar-refractivity contribution in [2.24, 2.45) is 0 Å². The molecule has 1 saturated carbocycles. The third kappa shape index (κ3) is 2.66. The van der Waals surface area contributed by atoms with Gasteiger partial charge in [0.25, 0.3) is 6.43 Å². The number of nitrogens with zero attached hydrogens (tertiary/aromatic N) is 3. The van der Waals surface area contributed by atoms with Gasteiger partial charge in [-0.15, -0.1) is 0 Å². The summed E-state index contributed by atoms with van der Waals surface area (Å²) >= 11 is 0. The van der Waals surface area contributed by atoms with Gasteiger partial charge in [0.2, 0.25) is 0 Å². The van der Waals surface area contributed by atoms with E-state index >= 15 is 0 Å². The van der Waals surface area contributed by atoms with Crippen LogP contribution in [0.25, 0.3) is 11.0 Å². The van der Waals surface area contributed by atoms with Crippen molar-refractivity contribution >= 4 is 11.0 Å². The molecular formula is C19H22F2N4O. The number of aromatic amines is 1. The minimum absolute atomic E-state index is 0.0381. The smallest absolute Gasteiger partial charge is 0.306 e. The number of imidazole rings is 1. The first-order valence-corrected chi connectivity index (χ1v) is 9.00. The van der Waals surface area contributed by atoms with Crippen molar-refractivity contribution in [3.63, 3.8) is 0 Å². The summed E-state index contributed by atoms with van der Waals surface area (Å²) in [5, 5.41) is 4.09. The number of benzene rings is 1. The van der Waals surface area contributed by atoms with Crippen LogP contribution in [0.15, 0.2) is 29.1 Å². The maximum absolute atomic E-state index is 13.1. The van der Waals surface area contributed by atoms with Gasteiger partial charge in [0.15, 0.2) is 0 Å². The van der Waals surface area contributed by atoms with Crippen LogP contribution in [0.2, 0.25) is 0 Å². The lowest BCUT2D eigenvalue weighted by molar-refractivity contribution is 0.144. The normalized spacial score (nSPS) is 19.8. The molecule has 1 fully saturated rings. The lowest BCUT2D eigenvalue weighted by Crippen LogP contribution is -2.14. The summed E-state index contributed by atoms with van der Waals surface area (Å²) in [6.45, 7) is 6.46. The summed E-state index contributed by atoms with van der Waals surface area (Å²) in [4.78, 5) is 14.9. The van der Waals surface area contributed by atoms with Gasteiger partial charge in [0.05, 0.1) is 11.0 Å². The number of aromatic nitrogens is 4. The number of fused-ring (bicyclic) bond motifs is 1. The van der Waals surface area contributed by atoms with E-state index in [-0.39, 0.29) is 29.3 Å². The molecule has 1 aliphatic carbocycles.